The monoisotopic (exact) mass is 390 g/mol. The summed E-state index contributed by atoms with van der Waals surface area (Å²) in [5.74, 6) is 0.623. The highest BCUT2D eigenvalue weighted by Crippen LogP contribution is 2.33. The summed E-state index contributed by atoms with van der Waals surface area (Å²) in [5.41, 5.74) is 1.74. The van der Waals surface area contributed by atoms with Gasteiger partial charge >= 0.3 is 0 Å². The Bertz CT molecular complexity index is 770. The van der Waals surface area contributed by atoms with E-state index in [0.29, 0.717) is 5.75 Å². The molecule has 1 aliphatic heterocycles. The Morgan fingerprint density at radius 3 is 1.93 bits per heavy atom. The average molecular weight is 390 g/mol. The van der Waals surface area contributed by atoms with Gasteiger partial charge in [-0.3, -0.25) is 0 Å². The minimum atomic E-state index is -1.48. The summed E-state index contributed by atoms with van der Waals surface area (Å²) < 4.78 is 11.0. The number of ether oxygens (including phenoxy) is 2. The molecule has 1 saturated heterocycles. The Morgan fingerprint density at radius 2 is 1.39 bits per heavy atom. The lowest BCUT2D eigenvalue weighted by atomic mass is 9.78. The van der Waals surface area contributed by atoms with Crippen molar-refractivity contribution in [2.45, 2.75) is 50.0 Å². The fraction of sp³-hybridized carbons (Fsp3) is 0.429. The van der Waals surface area contributed by atoms with E-state index in [-0.39, 0.29) is 11.2 Å². The van der Waals surface area contributed by atoms with Crippen molar-refractivity contribution in [1.29, 1.82) is 0 Å². The van der Waals surface area contributed by atoms with Gasteiger partial charge in [0.15, 0.2) is 0 Å². The van der Waals surface area contributed by atoms with Crippen LogP contribution in [-0.4, -0.2) is 62.8 Å². The average Bonchev–Trinajstić information content (AvgIpc) is 2.69. The lowest BCUT2D eigenvalue weighted by molar-refractivity contribution is -0.277. The van der Waals surface area contributed by atoms with E-state index in [1.54, 1.807) is 24.3 Å². The Kier molecular flexibility index (Phi) is 5.92. The first kappa shape index (κ1) is 20.6. The molecule has 1 heterocycles. The molecule has 0 spiro atoms. The number of hydrogen-bond donors (Lipinski definition) is 5. The van der Waals surface area contributed by atoms with Gasteiger partial charge in [-0.1, -0.05) is 38.1 Å². The quantitative estimate of drug-likeness (QED) is 0.514. The fourth-order valence-corrected chi connectivity index (χ4v) is 3.29. The lowest BCUT2D eigenvalue weighted by Crippen LogP contribution is -2.60. The molecule has 152 valence electrons. The lowest BCUT2D eigenvalue weighted by Gasteiger charge is -2.39. The first-order valence-electron chi connectivity index (χ1n) is 9.11. The van der Waals surface area contributed by atoms with E-state index in [9.17, 15) is 25.5 Å². The van der Waals surface area contributed by atoms with Gasteiger partial charge in [-0.25, -0.2) is 0 Å². The maximum Gasteiger partial charge on any atom is 0.229 e. The highest BCUT2D eigenvalue weighted by Gasteiger charge is 2.44. The number of rotatable bonds is 5. The van der Waals surface area contributed by atoms with Crippen molar-refractivity contribution in [2.75, 3.05) is 6.61 Å². The van der Waals surface area contributed by atoms with Gasteiger partial charge in [-0.15, -0.1) is 0 Å². The first-order chi connectivity index (χ1) is 13.2. The smallest absolute Gasteiger partial charge is 0.229 e. The zero-order chi connectivity index (χ0) is 20.5. The van der Waals surface area contributed by atoms with Crippen molar-refractivity contribution in [1.82, 2.24) is 0 Å². The molecule has 0 radical (unpaired) electrons. The highest BCUT2D eigenvalue weighted by atomic mass is 16.7. The third kappa shape index (κ3) is 3.99. The first-order valence-corrected chi connectivity index (χ1v) is 9.11. The van der Waals surface area contributed by atoms with Crippen LogP contribution in [0, 0.1) is 0 Å². The fourth-order valence-electron chi connectivity index (χ4n) is 3.29. The number of phenols is 1. The number of benzene rings is 2. The van der Waals surface area contributed by atoms with E-state index in [0.717, 1.165) is 11.1 Å². The van der Waals surface area contributed by atoms with Gasteiger partial charge in [0.1, 0.15) is 35.9 Å². The highest BCUT2D eigenvalue weighted by molar-refractivity contribution is 5.41. The minimum Gasteiger partial charge on any atom is -0.508 e. The van der Waals surface area contributed by atoms with E-state index >= 15 is 0 Å². The molecule has 7 nitrogen and oxygen atoms in total. The summed E-state index contributed by atoms with van der Waals surface area (Å²) in [7, 11) is 0. The molecule has 1 aliphatic rings. The topological polar surface area (TPSA) is 120 Å². The number of aliphatic hydroxyl groups is 4. The summed E-state index contributed by atoms with van der Waals surface area (Å²) >= 11 is 0. The van der Waals surface area contributed by atoms with Crippen molar-refractivity contribution in [3.63, 3.8) is 0 Å². The molecule has 2 aromatic carbocycles. The Labute approximate surface area is 163 Å². The van der Waals surface area contributed by atoms with Gasteiger partial charge in [0.2, 0.25) is 6.29 Å². The molecular formula is C21H26O7. The predicted octanol–water partition coefficient (Wildman–Crippen LogP) is 0.897. The maximum absolute atomic E-state index is 10.1. The van der Waals surface area contributed by atoms with Crippen molar-refractivity contribution in [3.8, 4) is 11.5 Å². The van der Waals surface area contributed by atoms with Crippen LogP contribution in [0.15, 0.2) is 48.5 Å². The van der Waals surface area contributed by atoms with E-state index < -0.39 is 37.3 Å². The van der Waals surface area contributed by atoms with Crippen LogP contribution in [0.1, 0.15) is 25.0 Å². The Morgan fingerprint density at radius 1 is 0.857 bits per heavy atom. The second kappa shape index (κ2) is 8.06. The van der Waals surface area contributed by atoms with E-state index in [2.05, 4.69) is 13.8 Å². The van der Waals surface area contributed by atoms with Gasteiger partial charge in [0.05, 0.1) is 6.61 Å². The van der Waals surface area contributed by atoms with Crippen LogP contribution < -0.4 is 4.74 Å². The van der Waals surface area contributed by atoms with Crippen LogP contribution in [0.5, 0.6) is 11.5 Å². The van der Waals surface area contributed by atoms with Crippen molar-refractivity contribution < 1.29 is 35.0 Å². The molecule has 5 N–H and O–H groups in total. The van der Waals surface area contributed by atoms with E-state index in [4.69, 9.17) is 9.47 Å². The summed E-state index contributed by atoms with van der Waals surface area (Å²) in [4.78, 5) is 0. The van der Waals surface area contributed by atoms with Crippen molar-refractivity contribution in [2.24, 2.45) is 0 Å². The molecule has 0 aliphatic carbocycles. The second-order valence-corrected chi connectivity index (χ2v) is 7.51. The number of phenolic OH excluding ortho intramolecular Hbond substituents is 1. The van der Waals surface area contributed by atoms with Gasteiger partial charge in [0, 0.05) is 5.41 Å². The van der Waals surface area contributed by atoms with Gasteiger partial charge in [-0.2, -0.15) is 0 Å². The summed E-state index contributed by atoms with van der Waals surface area (Å²) in [6.07, 6.45) is -6.59. The summed E-state index contributed by atoms with van der Waals surface area (Å²) in [6, 6.07) is 14.2. The normalized spacial score (nSPS) is 28.1. The Hall–Kier alpha value is -2.16. The largest absolute Gasteiger partial charge is 0.508 e. The molecule has 0 amide bonds. The molecule has 0 unspecified atom stereocenters. The molecule has 2 aromatic rings. The summed E-state index contributed by atoms with van der Waals surface area (Å²) in [5, 5.41) is 48.5. The number of aliphatic hydroxyl groups excluding tert-OH is 4. The number of hydrogen-bond acceptors (Lipinski definition) is 7. The van der Waals surface area contributed by atoms with Crippen molar-refractivity contribution >= 4 is 0 Å². The molecule has 28 heavy (non-hydrogen) atoms. The van der Waals surface area contributed by atoms with Crippen LogP contribution in [0.2, 0.25) is 0 Å². The molecular weight excluding hydrogens is 364 g/mol. The molecule has 0 saturated carbocycles. The molecule has 5 atom stereocenters. The van der Waals surface area contributed by atoms with Crippen LogP contribution in [-0.2, 0) is 10.2 Å². The summed E-state index contributed by atoms with van der Waals surface area (Å²) in [6.45, 7) is 3.62. The van der Waals surface area contributed by atoms with Crippen LogP contribution in [0.4, 0.5) is 0 Å². The molecule has 1 fully saturated rings. The third-order valence-corrected chi connectivity index (χ3v) is 5.27. The van der Waals surface area contributed by atoms with Crippen LogP contribution in [0.25, 0.3) is 0 Å². The maximum atomic E-state index is 10.1. The van der Waals surface area contributed by atoms with Gasteiger partial charge < -0.3 is 35.0 Å². The molecule has 7 heteroatoms. The zero-order valence-electron chi connectivity index (χ0n) is 15.8. The predicted molar refractivity (Wildman–Crippen MR) is 101 cm³/mol. The minimum absolute atomic E-state index is 0.211. The van der Waals surface area contributed by atoms with Crippen LogP contribution in [0.3, 0.4) is 0 Å². The Balaban J connectivity index is 1.74. The van der Waals surface area contributed by atoms with Gasteiger partial charge in [0.25, 0.3) is 0 Å². The molecule has 0 bridgehead atoms. The molecule has 0 aromatic heterocycles. The third-order valence-electron chi connectivity index (χ3n) is 5.27. The van der Waals surface area contributed by atoms with E-state index in [1.165, 1.54) is 0 Å². The van der Waals surface area contributed by atoms with Crippen molar-refractivity contribution in [3.05, 3.63) is 59.7 Å². The molecule has 3 rings (SSSR count). The SMILES string of the molecule is CC(C)(c1ccc(O)cc1)c1ccc(O[C@@H]2O[C@H](CO)[C@H](O)[C@H](O)[C@H]2O)cc1. The zero-order valence-corrected chi connectivity index (χ0v) is 15.8. The van der Waals surface area contributed by atoms with Gasteiger partial charge in [-0.05, 0) is 35.4 Å². The number of aromatic hydroxyl groups is 1. The second-order valence-electron chi connectivity index (χ2n) is 7.51. The van der Waals surface area contributed by atoms with E-state index in [1.807, 2.05) is 24.3 Å². The van der Waals surface area contributed by atoms with Crippen LogP contribution >= 0.6 is 0 Å². The standard InChI is InChI=1S/C21H26O7/c1-21(2,12-3-7-14(23)8-4-12)13-5-9-15(10-6-13)27-20-19(26)18(25)17(24)16(11-22)28-20/h3-10,16-20,22-26H,11H2,1-2H3/t16-,17+,18+,19-,20-/m1/s1.